The van der Waals surface area contributed by atoms with Crippen LogP contribution in [0.15, 0.2) is 23.6 Å². The standard InChI is InChI=1S/C10H15ClN4O/c1-7(10(12)14-16)6-15(2)9-3-4-13-5-8(9)11/h3-5,7,16H,6H2,1-2H3,(H2,12,14). The zero-order valence-electron chi connectivity index (χ0n) is 9.26. The fourth-order valence-electron chi connectivity index (χ4n) is 1.38. The maximum Gasteiger partial charge on any atom is 0.143 e. The van der Waals surface area contributed by atoms with Gasteiger partial charge >= 0.3 is 0 Å². The van der Waals surface area contributed by atoms with E-state index >= 15 is 0 Å². The van der Waals surface area contributed by atoms with Crippen LogP contribution in [0.4, 0.5) is 5.69 Å². The third-order valence-corrected chi connectivity index (χ3v) is 2.62. The highest BCUT2D eigenvalue weighted by Crippen LogP contribution is 2.23. The maximum atomic E-state index is 8.55. The maximum absolute atomic E-state index is 8.55. The predicted octanol–water partition coefficient (Wildman–Crippen LogP) is 1.55. The molecule has 1 unspecified atom stereocenters. The Labute approximate surface area is 99.5 Å². The van der Waals surface area contributed by atoms with Crippen LogP contribution in [0.25, 0.3) is 0 Å². The molecule has 0 saturated carbocycles. The van der Waals surface area contributed by atoms with Crippen molar-refractivity contribution < 1.29 is 5.21 Å². The van der Waals surface area contributed by atoms with Gasteiger partial charge in [-0.3, -0.25) is 4.98 Å². The van der Waals surface area contributed by atoms with Crippen molar-refractivity contribution in [3.8, 4) is 0 Å². The van der Waals surface area contributed by atoms with E-state index in [1.54, 1.807) is 12.4 Å². The predicted molar refractivity (Wildman–Crippen MR) is 65.1 cm³/mol. The average molecular weight is 243 g/mol. The quantitative estimate of drug-likeness (QED) is 0.364. The minimum absolute atomic E-state index is 0.0563. The number of rotatable bonds is 4. The smallest absolute Gasteiger partial charge is 0.143 e. The Hall–Kier alpha value is -1.49. The van der Waals surface area contributed by atoms with Crippen LogP contribution in [0, 0.1) is 5.92 Å². The van der Waals surface area contributed by atoms with Crippen molar-refractivity contribution in [2.24, 2.45) is 16.8 Å². The van der Waals surface area contributed by atoms with E-state index < -0.39 is 0 Å². The first-order chi connectivity index (χ1) is 7.56. The molecular weight excluding hydrogens is 228 g/mol. The van der Waals surface area contributed by atoms with Crippen molar-refractivity contribution in [3.63, 3.8) is 0 Å². The Kier molecular flexibility index (Phi) is 4.37. The first kappa shape index (κ1) is 12.6. The molecule has 1 aromatic heterocycles. The molecule has 0 aliphatic carbocycles. The lowest BCUT2D eigenvalue weighted by atomic mass is 10.1. The molecule has 1 rings (SSSR count). The van der Waals surface area contributed by atoms with Crippen LogP contribution in [0.3, 0.4) is 0 Å². The number of anilines is 1. The van der Waals surface area contributed by atoms with Gasteiger partial charge in [0.05, 0.1) is 10.7 Å². The van der Waals surface area contributed by atoms with E-state index in [9.17, 15) is 0 Å². The molecule has 0 aliphatic rings. The summed E-state index contributed by atoms with van der Waals surface area (Å²) >= 11 is 6.00. The van der Waals surface area contributed by atoms with Crippen molar-refractivity contribution in [2.45, 2.75) is 6.92 Å². The molecular formula is C10H15ClN4O. The number of nitrogens with zero attached hydrogens (tertiary/aromatic N) is 3. The summed E-state index contributed by atoms with van der Waals surface area (Å²) in [5.41, 5.74) is 6.38. The molecule has 1 aromatic rings. The molecule has 0 radical (unpaired) electrons. The first-order valence-electron chi connectivity index (χ1n) is 4.84. The molecule has 16 heavy (non-hydrogen) atoms. The largest absolute Gasteiger partial charge is 0.409 e. The van der Waals surface area contributed by atoms with Crippen LogP contribution >= 0.6 is 11.6 Å². The second kappa shape index (κ2) is 5.55. The molecule has 0 aromatic carbocycles. The van der Waals surface area contributed by atoms with Gasteiger partial charge in [-0.25, -0.2) is 0 Å². The SMILES string of the molecule is CC(CN(C)c1ccncc1Cl)C(N)=NO. The zero-order valence-corrected chi connectivity index (χ0v) is 10.0. The van der Waals surface area contributed by atoms with Gasteiger partial charge in [-0.15, -0.1) is 0 Å². The minimum Gasteiger partial charge on any atom is -0.409 e. The van der Waals surface area contributed by atoms with Gasteiger partial charge in [0.1, 0.15) is 5.84 Å². The number of hydrogen-bond donors (Lipinski definition) is 2. The normalized spacial score (nSPS) is 13.6. The molecule has 1 atom stereocenters. The molecule has 0 saturated heterocycles. The van der Waals surface area contributed by atoms with Crippen molar-refractivity contribution in [3.05, 3.63) is 23.5 Å². The second-order valence-corrected chi connectivity index (χ2v) is 4.04. The van der Waals surface area contributed by atoms with Gasteiger partial charge in [0.15, 0.2) is 0 Å². The Balaban J connectivity index is 2.73. The van der Waals surface area contributed by atoms with Crippen molar-refractivity contribution in [2.75, 3.05) is 18.5 Å². The summed E-state index contributed by atoms with van der Waals surface area (Å²) in [5, 5.41) is 12.1. The van der Waals surface area contributed by atoms with Gasteiger partial charge in [0, 0.05) is 31.9 Å². The number of hydrogen-bond acceptors (Lipinski definition) is 4. The molecule has 0 spiro atoms. The van der Waals surface area contributed by atoms with Gasteiger partial charge in [-0.05, 0) is 6.07 Å². The van der Waals surface area contributed by atoms with Crippen molar-refractivity contribution in [1.82, 2.24) is 4.98 Å². The molecule has 6 heteroatoms. The summed E-state index contributed by atoms with van der Waals surface area (Å²) in [5.74, 6) is 0.149. The Morgan fingerprint density at radius 2 is 2.44 bits per heavy atom. The van der Waals surface area contributed by atoms with E-state index in [1.807, 2.05) is 24.9 Å². The monoisotopic (exact) mass is 242 g/mol. The van der Waals surface area contributed by atoms with E-state index in [0.29, 0.717) is 11.6 Å². The first-order valence-corrected chi connectivity index (χ1v) is 5.22. The third kappa shape index (κ3) is 3.00. The zero-order chi connectivity index (χ0) is 12.1. The molecule has 3 N–H and O–H groups in total. The molecule has 0 amide bonds. The molecule has 0 bridgehead atoms. The lowest BCUT2D eigenvalue weighted by Crippen LogP contribution is -2.32. The van der Waals surface area contributed by atoms with Gasteiger partial charge < -0.3 is 15.8 Å². The summed E-state index contributed by atoms with van der Waals surface area (Å²) in [6, 6.07) is 1.82. The van der Waals surface area contributed by atoms with E-state index in [-0.39, 0.29) is 11.8 Å². The van der Waals surface area contributed by atoms with Gasteiger partial charge in [0.2, 0.25) is 0 Å². The summed E-state index contributed by atoms with van der Waals surface area (Å²) in [6.07, 6.45) is 3.26. The topological polar surface area (TPSA) is 74.7 Å². The molecule has 0 aliphatic heterocycles. The number of nitrogens with two attached hydrogens (primary N) is 1. The Bertz CT molecular complexity index is 383. The van der Waals surface area contributed by atoms with Crippen LogP contribution < -0.4 is 10.6 Å². The fourth-order valence-corrected chi connectivity index (χ4v) is 1.64. The number of amidine groups is 1. The van der Waals surface area contributed by atoms with E-state index in [2.05, 4.69) is 10.1 Å². The summed E-state index contributed by atoms with van der Waals surface area (Å²) in [6.45, 7) is 2.49. The molecule has 1 heterocycles. The van der Waals surface area contributed by atoms with Crippen LogP contribution in [0.2, 0.25) is 5.02 Å². The number of oxime groups is 1. The van der Waals surface area contributed by atoms with E-state index in [1.165, 1.54) is 0 Å². The van der Waals surface area contributed by atoms with Gasteiger partial charge in [0.25, 0.3) is 0 Å². The van der Waals surface area contributed by atoms with Crippen LogP contribution in [-0.4, -0.2) is 29.6 Å². The van der Waals surface area contributed by atoms with E-state index in [4.69, 9.17) is 22.5 Å². The van der Waals surface area contributed by atoms with Gasteiger partial charge in [-0.1, -0.05) is 23.7 Å². The van der Waals surface area contributed by atoms with Crippen LogP contribution in [0.1, 0.15) is 6.92 Å². The average Bonchev–Trinajstić information content (AvgIpc) is 2.28. The Morgan fingerprint density at radius 3 is 3.00 bits per heavy atom. The van der Waals surface area contributed by atoms with E-state index in [0.717, 1.165) is 5.69 Å². The Morgan fingerprint density at radius 1 is 1.75 bits per heavy atom. The van der Waals surface area contributed by atoms with Crippen molar-refractivity contribution >= 4 is 23.1 Å². The van der Waals surface area contributed by atoms with Crippen molar-refractivity contribution in [1.29, 1.82) is 0 Å². The minimum atomic E-state index is -0.0563. The summed E-state index contributed by atoms with van der Waals surface area (Å²) < 4.78 is 0. The highest BCUT2D eigenvalue weighted by atomic mass is 35.5. The highest BCUT2D eigenvalue weighted by molar-refractivity contribution is 6.33. The lowest BCUT2D eigenvalue weighted by molar-refractivity contribution is 0.314. The molecule has 5 nitrogen and oxygen atoms in total. The van der Waals surface area contributed by atoms with Crippen LogP contribution in [-0.2, 0) is 0 Å². The summed E-state index contributed by atoms with van der Waals surface area (Å²) in [4.78, 5) is 5.85. The fraction of sp³-hybridized carbons (Fsp3) is 0.400. The number of aromatic nitrogens is 1. The molecule has 0 fully saturated rings. The number of pyridine rings is 1. The highest BCUT2D eigenvalue weighted by Gasteiger charge is 2.13. The van der Waals surface area contributed by atoms with Crippen LogP contribution in [0.5, 0.6) is 0 Å². The third-order valence-electron chi connectivity index (χ3n) is 2.33. The number of halogens is 1. The lowest BCUT2D eigenvalue weighted by Gasteiger charge is -2.23. The summed E-state index contributed by atoms with van der Waals surface area (Å²) in [7, 11) is 1.89. The van der Waals surface area contributed by atoms with Gasteiger partial charge in [-0.2, -0.15) is 0 Å². The second-order valence-electron chi connectivity index (χ2n) is 3.63. The molecule has 88 valence electrons.